The second kappa shape index (κ2) is 5.39. The Kier molecular flexibility index (Phi) is 3.66. The number of hydrogen-bond acceptors (Lipinski definition) is 4. The Bertz CT molecular complexity index is 593. The zero-order valence-corrected chi connectivity index (χ0v) is 10.6. The van der Waals surface area contributed by atoms with Crippen LogP contribution in [0.4, 0.5) is 0 Å². The lowest BCUT2D eigenvalue weighted by atomic mass is 10.1. The average Bonchev–Trinajstić information content (AvgIpc) is 2.39. The van der Waals surface area contributed by atoms with Gasteiger partial charge in [-0.3, -0.25) is 0 Å². The molecule has 98 valence electrons. The number of pyridine rings is 1. The van der Waals surface area contributed by atoms with E-state index in [9.17, 15) is 4.79 Å². The molecule has 0 atom stereocenters. The third-order valence-corrected chi connectivity index (χ3v) is 2.53. The first-order valence-corrected chi connectivity index (χ1v) is 5.62. The lowest BCUT2D eigenvalue weighted by Crippen LogP contribution is -2.01. The fourth-order valence-electron chi connectivity index (χ4n) is 1.55. The number of rotatable bonds is 4. The molecule has 5 nitrogen and oxygen atoms in total. The molecule has 0 saturated heterocycles. The summed E-state index contributed by atoms with van der Waals surface area (Å²) in [6, 6.07) is 8.20. The van der Waals surface area contributed by atoms with E-state index in [4.69, 9.17) is 14.6 Å². The molecule has 2 rings (SSSR count). The van der Waals surface area contributed by atoms with Gasteiger partial charge in [-0.2, -0.15) is 0 Å². The highest BCUT2D eigenvalue weighted by Crippen LogP contribution is 2.26. The van der Waals surface area contributed by atoms with Crippen LogP contribution in [0.15, 0.2) is 36.5 Å². The largest absolute Gasteiger partial charge is 0.495 e. The molecule has 0 fully saturated rings. The lowest BCUT2D eigenvalue weighted by molar-refractivity contribution is 0.0694. The van der Waals surface area contributed by atoms with E-state index in [1.165, 1.54) is 12.3 Å². The van der Waals surface area contributed by atoms with Crippen LogP contribution in [0, 0.1) is 6.92 Å². The van der Waals surface area contributed by atoms with E-state index in [0.29, 0.717) is 11.6 Å². The Morgan fingerprint density at radius 3 is 2.63 bits per heavy atom. The number of benzene rings is 1. The zero-order chi connectivity index (χ0) is 13.8. The number of ether oxygens (including phenoxy) is 2. The lowest BCUT2D eigenvalue weighted by Gasteiger charge is -2.09. The minimum absolute atomic E-state index is 0.100. The number of nitrogens with zero attached hydrogens (tertiary/aromatic N) is 1. The second-order valence-corrected chi connectivity index (χ2v) is 3.94. The molecule has 0 spiro atoms. The SMILES string of the molecule is COc1ccc(Oc2cc(C)ccc2C(=O)O)nc1. The van der Waals surface area contributed by atoms with Crippen LogP contribution < -0.4 is 9.47 Å². The summed E-state index contributed by atoms with van der Waals surface area (Å²) in [6.07, 6.45) is 1.51. The molecule has 5 heteroatoms. The maximum Gasteiger partial charge on any atom is 0.339 e. The van der Waals surface area contributed by atoms with Crippen molar-refractivity contribution in [1.82, 2.24) is 4.98 Å². The molecule has 1 heterocycles. The minimum atomic E-state index is -1.04. The first kappa shape index (κ1) is 12.9. The van der Waals surface area contributed by atoms with Crippen molar-refractivity contribution in [1.29, 1.82) is 0 Å². The van der Waals surface area contributed by atoms with Gasteiger partial charge >= 0.3 is 5.97 Å². The quantitative estimate of drug-likeness (QED) is 0.914. The Morgan fingerprint density at radius 2 is 2.05 bits per heavy atom. The highest BCUT2D eigenvalue weighted by atomic mass is 16.5. The molecule has 0 aliphatic heterocycles. The Morgan fingerprint density at radius 1 is 1.26 bits per heavy atom. The summed E-state index contributed by atoms with van der Waals surface area (Å²) in [5.41, 5.74) is 1.01. The van der Waals surface area contributed by atoms with Crippen molar-refractivity contribution in [3.8, 4) is 17.4 Å². The number of aryl methyl sites for hydroxylation is 1. The summed E-state index contributed by atoms with van der Waals surface area (Å²) in [5.74, 6) is 0.151. The van der Waals surface area contributed by atoms with E-state index >= 15 is 0 Å². The normalized spacial score (nSPS) is 10.0. The maximum absolute atomic E-state index is 11.1. The average molecular weight is 259 g/mol. The fourth-order valence-corrected chi connectivity index (χ4v) is 1.55. The molecule has 0 radical (unpaired) electrons. The number of methoxy groups -OCH3 is 1. The molecular formula is C14H13NO4. The summed E-state index contributed by atoms with van der Waals surface area (Å²) in [4.78, 5) is 15.1. The van der Waals surface area contributed by atoms with Crippen molar-refractivity contribution in [2.75, 3.05) is 7.11 Å². The van der Waals surface area contributed by atoms with Gasteiger partial charge in [0.2, 0.25) is 5.88 Å². The van der Waals surface area contributed by atoms with Gasteiger partial charge in [0.1, 0.15) is 17.1 Å². The Labute approximate surface area is 110 Å². The second-order valence-electron chi connectivity index (χ2n) is 3.94. The summed E-state index contributed by atoms with van der Waals surface area (Å²) in [6.45, 7) is 1.86. The molecule has 1 N–H and O–H groups in total. The molecule has 2 aromatic rings. The van der Waals surface area contributed by atoms with Gasteiger partial charge in [0.15, 0.2) is 0 Å². The van der Waals surface area contributed by atoms with Crippen molar-refractivity contribution in [3.63, 3.8) is 0 Å². The van der Waals surface area contributed by atoms with Crippen LogP contribution in [0.1, 0.15) is 15.9 Å². The number of aromatic carboxylic acids is 1. The molecule has 0 amide bonds. The monoisotopic (exact) mass is 259 g/mol. The fraction of sp³-hybridized carbons (Fsp3) is 0.143. The van der Waals surface area contributed by atoms with Crippen LogP contribution in [0.2, 0.25) is 0 Å². The van der Waals surface area contributed by atoms with E-state index in [-0.39, 0.29) is 11.3 Å². The molecular weight excluding hydrogens is 246 g/mol. The van der Waals surface area contributed by atoms with Crippen molar-refractivity contribution < 1.29 is 19.4 Å². The van der Waals surface area contributed by atoms with Crippen LogP contribution in [-0.2, 0) is 0 Å². The Hall–Kier alpha value is -2.56. The predicted octanol–water partition coefficient (Wildman–Crippen LogP) is 2.89. The van der Waals surface area contributed by atoms with Gasteiger partial charge in [-0.25, -0.2) is 9.78 Å². The summed E-state index contributed by atoms with van der Waals surface area (Å²) in [7, 11) is 1.54. The van der Waals surface area contributed by atoms with E-state index in [1.54, 1.807) is 31.4 Å². The number of hydrogen-bond donors (Lipinski definition) is 1. The number of carbonyl (C=O) groups is 1. The third-order valence-electron chi connectivity index (χ3n) is 2.53. The Balaban J connectivity index is 2.31. The van der Waals surface area contributed by atoms with Gasteiger partial charge < -0.3 is 14.6 Å². The van der Waals surface area contributed by atoms with Gasteiger partial charge in [-0.15, -0.1) is 0 Å². The van der Waals surface area contributed by atoms with Gasteiger partial charge in [-0.1, -0.05) is 6.07 Å². The van der Waals surface area contributed by atoms with Gasteiger partial charge in [0, 0.05) is 6.07 Å². The smallest absolute Gasteiger partial charge is 0.339 e. The minimum Gasteiger partial charge on any atom is -0.495 e. The highest BCUT2D eigenvalue weighted by molar-refractivity contribution is 5.91. The van der Waals surface area contributed by atoms with E-state index in [1.807, 2.05) is 6.92 Å². The molecule has 1 aromatic carbocycles. The molecule has 0 bridgehead atoms. The van der Waals surface area contributed by atoms with Gasteiger partial charge in [0.25, 0.3) is 0 Å². The summed E-state index contributed by atoms with van der Waals surface area (Å²) < 4.78 is 10.5. The summed E-state index contributed by atoms with van der Waals surface area (Å²) >= 11 is 0. The number of carboxylic acid groups (broad SMARTS) is 1. The van der Waals surface area contributed by atoms with Crippen LogP contribution >= 0.6 is 0 Å². The first-order valence-electron chi connectivity index (χ1n) is 5.62. The number of carboxylic acids is 1. The molecule has 0 saturated carbocycles. The zero-order valence-electron chi connectivity index (χ0n) is 10.6. The van der Waals surface area contributed by atoms with Crippen LogP contribution in [0.25, 0.3) is 0 Å². The summed E-state index contributed by atoms with van der Waals surface area (Å²) in [5, 5.41) is 9.10. The third kappa shape index (κ3) is 3.01. The molecule has 0 aliphatic carbocycles. The predicted molar refractivity (Wildman–Crippen MR) is 69.0 cm³/mol. The standard InChI is InChI=1S/C14H13NO4/c1-9-3-5-11(14(16)17)12(7-9)19-13-6-4-10(18-2)8-15-13/h3-8H,1-2H3,(H,16,17). The van der Waals surface area contributed by atoms with Crippen LogP contribution in [0.3, 0.4) is 0 Å². The number of aromatic nitrogens is 1. The first-order chi connectivity index (χ1) is 9.10. The molecule has 0 unspecified atom stereocenters. The molecule has 19 heavy (non-hydrogen) atoms. The van der Waals surface area contributed by atoms with Gasteiger partial charge in [0.05, 0.1) is 13.3 Å². The molecule has 1 aromatic heterocycles. The molecule has 0 aliphatic rings. The topological polar surface area (TPSA) is 68.7 Å². The van der Waals surface area contributed by atoms with E-state index < -0.39 is 5.97 Å². The maximum atomic E-state index is 11.1. The van der Waals surface area contributed by atoms with Gasteiger partial charge in [-0.05, 0) is 30.7 Å². The van der Waals surface area contributed by atoms with Crippen molar-refractivity contribution in [2.45, 2.75) is 6.92 Å². The van der Waals surface area contributed by atoms with Crippen molar-refractivity contribution in [2.24, 2.45) is 0 Å². The van der Waals surface area contributed by atoms with Crippen LogP contribution in [0.5, 0.6) is 17.4 Å². The van der Waals surface area contributed by atoms with Crippen LogP contribution in [-0.4, -0.2) is 23.2 Å². The van der Waals surface area contributed by atoms with Crippen molar-refractivity contribution in [3.05, 3.63) is 47.7 Å². The van der Waals surface area contributed by atoms with E-state index in [0.717, 1.165) is 5.56 Å². The highest BCUT2D eigenvalue weighted by Gasteiger charge is 2.12. The van der Waals surface area contributed by atoms with Crippen molar-refractivity contribution >= 4 is 5.97 Å². The van der Waals surface area contributed by atoms with E-state index in [2.05, 4.69) is 4.98 Å².